The highest BCUT2D eigenvalue weighted by Crippen LogP contribution is 2.56. The molecule has 4 aliphatic rings. The number of pyridine rings is 1. The fourth-order valence-corrected chi connectivity index (χ4v) is 7.21. The summed E-state index contributed by atoms with van der Waals surface area (Å²) in [5.41, 5.74) is 21.2. The van der Waals surface area contributed by atoms with Gasteiger partial charge in [0, 0.05) is 24.7 Å². The first kappa shape index (κ1) is 18.2. The Labute approximate surface area is 204 Å². The summed E-state index contributed by atoms with van der Waals surface area (Å²) in [5, 5.41) is 0. The number of rotatable bonds is 0. The first-order valence-electron chi connectivity index (χ1n) is 12.6. The van der Waals surface area contributed by atoms with E-state index in [2.05, 4.69) is 83.8 Å². The lowest BCUT2D eigenvalue weighted by Gasteiger charge is -2.40. The molecule has 2 heteroatoms. The average Bonchev–Trinajstić information content (AvgIpc) is 3.46. The fourth-order valence-electron chi connectivity index (χ4n) is 7.21. The lowest BCUT2D eigenvalue weighted by molar-refractivity contribution is 0.969. The van der Waals surface area contributed by atoms with Crippen LogP contribution in [0.3, 0.4) is 0 Å². The monoisotopic (exact) mass is 446 g/mol. The average molecular weight is 447 g/mol. The number of aromatic nitrogens is 1. The summed E-state index contributed by atoms with van der Waals surface area (Å²) < 4.78 is 0. The van der Waals surface area contributed by atoms with Crippen molar-refractivity contribution in [1.29, 1.82) is 0 Å². The van der Waals surface area contributed by atoms with Gasteiger partial charge in [-0.3, -0.25) is 4.98 Å². The molecule has 0 atom stereocenters. The first-order valence-corrected chi connectivity index (χ1v) is 12.6. The molecule has 0 saturated carbocycles. The molecule has 4 aromatic carbocycles. The molecule has 1 aromatic heterocycles. The van der Waals surface area contributed by atoms with E-state index < -0.39 is 0 Å². The number of fused-ring (bicyclic) bond motifs is 12. The molecule has 0 amide bonds. The van der Waals surface area contributed by atoms with Gasteiger partial charge in [-0.1, -0.05) is 60.7 Å². The van der Waals surface area contributed by atoms with Gasteiger partial charge in [-0.2, -0.15) is 0 Å². The Morgan fingerprint density at radius 2 is 1.34 bits per heavy atom. The third-order valence-corrected chi connectivity index (χ3v) is 8.55. The van der Waals surface area contributed by atoms with Crippen LogP contribution < -0.4 is 4.90 Å². The Morgan fingerprint density at radius 1 is 0.543 bits per heavy atom. The zero-order valence-corrected chi connectivity index (χ0v) is 19.3. The minimum atomic E-state index is 0.899. The van der Waals surface area contributed by atoms with Crippen molar-refractivity contribution in [1.82, 2.24) is 4.98 Å². The maximum atomic E-state index is 4.89. The molecular formula is C33H22N2. The number of hydrogen-bond acceptors (Lipinski definition) is 2. The SMILES string of the molecule is c1ccc2c(c1)Cc1c-2ccc2c1-c1c(cc3c4c1Cc1ncccc1N4c1ccccc1C3)C2. The van der Waals surface area contributed by atoms with E-state index in [-0.39, 0.29) is 0 Å². The minimum absolute atomic E-state index is 0.899. The van der Waals surface area contributed by atoms with E-state index in [1.165, 1.54) is 84.0 Å². The number of hydrogen-bond donors (Lipinski definition) is 0. The summed E-state index contributed by atoms with van der Waals surface area (Å²) in [7, 11) is 0. The molecule has 3 heterocycles. The van der Waals surface area contributed by atoms with Gasteiger partial charge >= 0.3 is 0 Å². The van der Waals surface area contributed by atoms with Gasteiger partial charge in [0.1, 0.15) is 0 Å². The van der Waals surface area contributed by atoms with Crippen LogP contribution in [0.2, 0.25) is 0 Å². The summed E-state index contributed by atoms with van der Waals surface area (Å²) in [4.78, 5) is 7.39. The van der Waals surface area contributed by atoms with Crippen molar-refractivity contribution in [2.75, 3.05) is 4.90 Å². The molecule has 0 bridgehead atoms. The Balaban J connectivity index is 1.36. The molecule has 35 heavy (non-hydrogen) atoms. The van der Waals surface area contributed by atoms with Crippen molar-refractivity contribution in [3.8, 4) is 22.3 Å². The van der Waals surface area contributed by atoms with Crippen molar-refractivity contribution in [3.05, 3.63) is 130 Å². The molecule has 0 unspecified atom stereocenters. The lowest BCUT2D eigenvalue weighted by Crippen LogP contribution is -2.26. The van der Waals surface area contributed by atoms with Crippen molar-refractivity contribution < 1.29 is 0 Å². The van der Waals surface area contributed by atoms with E-state index in [0.717, 1.165) is 25.7 Å². The molecule has 2 aliphatic heterocycles. The predicted molar refractivity (Wildman–Crippen MR) is 141 cm³/mol. The summed E-state index contributed by atoms with van der Waals surface area (Å²) in [5.74, 6) is 0. The highest BCUT2D eigenvalue weighted by Gasteiger charge is 2.38. The summed E-state index contributed by atoms with van der Waals surface area (Å²) in [6, 6.07) is 29.4. The zero-order chi connectivity index (χ0) is 22.7. The topological polar surface area (TPSA) is 16.1 Å². The summed E-state index contributed by atoms with van der Waals surface area (Å²) >= 11 is 0. The number of benzene rings is 4. The largest absolute Gasteiger partial charge is 0.308 e. The fraction of sp³-hybridized carbons (Fsp3) is 0.121. The van der Waals surface area contributed by atoms with Crippen LogP contribution in [-0.4, -0.2) is 4.98 Å². The van der Waals surface area contributed by atoms with E-state index >= 15 is 0 Å². The van der Waals surface area contributed by atoms with Gasteiger partial charge in [-0.05, 0) is 92.2 Å². The van der Waals surface area contributed by atoms with Crippen LogP contribution in [0, 0.1) is 0 Å². The second-order valence-electron chi connectivity index (χ2n) is 10.3. The van der Waals surface area contributed by atoms with Gasteiger partial charge in [0.05, 0.1) is 17.1 Å². The summed E-state index contributed by atoms with van der Waals surface area (Å²) in [6.07, 6.45) is 5.91. The third-order valence-electron chi connectivity index (χ3n) is 8.55. The predicted octanol–water partition coefficient (Wildman–Crippen LogP) is 7.50. The molecule has 0 spiro atoms. The van der Waals surface area contributed by atoms with E-state index in [1.807, 2.05) is 6.20 Å². The smallest absolute Gasteiger partial charge is 0.0688 e. The molecule has 2 aliphatic carbocycles. The van der Waals surface area contributed by atoms with E-state index in [1.54, 1.807) is 0 Å². The van der Waals surface area contributed by atoms with E-state index in [0.29, 0.717) is 0 Å². The van der Waals surface area contributed by atoms with Crippen molar-refractivity contribution in [2.45, 2.75) is 25.7 Å². The Morgan fingerprint density at radius 3 is 2.31 bits per heavy atom. The highest BCUT2D eigenvalue weighted by molar-refractivity contribution is 5.98. The summed E-state index contributed by atoms with van der Waals surface area (Å²) in [6.45, 7) is 0. The van der Waals surface area contributed by atoms with Crippen LogP contribution >= 0.6 is 0 Å². The highest BCUT2D eigenvalue weighted by atomic mass is 15.2. The molecule has 0 N–H and O–H groups in total. The second kappa shape index (κ2) is 6.28. The van der Waals surface area contributed by atoms with Gasteiger partial charge in [-0.15, -0.1) is 0 Å². The molecule has 5 aromatic rings. The third kappa shape index (κ3) is 2.23. The molecule has 164 valence electrons. The Kier molecular flexibility index (Phi) is 3.27. The second-order valence-corrected chi connectivity index (χ2v) is 10.3. The molecule has 9 rings (SSSR count). The number of anilines is 3. The number of nitrogens with zero attached hydrogens (tertiary/aromatic N) is 2. The van der Waals surface area contributed by atoms with Gasteiger partial charge < -0.3 is 4.90 Å². The van der Waals surface area contributed by atoms with Crippen LogP contribution in [0.25, 0.3) is 22.3 Å². The minimum Gasteiger partial charge on any atom is -0.308 e. The number of para-hydroxylation sites is 1. The van der Waals surface area contributed by atoms with Gasteiger partial charge in [0.2, 0.25) is 0 Å². The molecular weight excluding hydrogens is 424 g/mol. The Hall–Kier alpha value is -4.17. The quantitative estimate of drug-likeness (QED) is 0.240. The lowest BCUT2D eigenvalue weighted by atomic mass is 9.82. The van der Waals surface area contributed by atoms with Crippen molar-refractivity contribution in [3.63, 3.8) is 0 Å². The van der Waals surface area contributed by atoms with Crippen LogP contribution in [0.15, 0.2) is 85.1 Å². The van der Waals surface area contributed by atoms with Gasteiger partial charge in [0.25, 0.3) is 0 Å². The van der Waals surface area contributed by atoms with Gasteiger partial charge in [-0.25, -0.2) is 0 Å². The standard InChI is InChI=1S/C33H22N2/c1-3-8-24-19(6-1)17-26-25(24)12-11-21-15-22-16-23-14-20-7-2-4-9-29(20)35-30-10-5-13-34-28(30)18-27(33(23)35)32(22)31(21)26/h1-13,16H,14-15,17-18H2. The van der Waals surface area contributed by atoms with Crippen LogP contribution in [0.4, 0.5) is 17.1 Å². The van der Waals surface area contributed by atoms with Crippen molar-refractivity contribution in [2.24, 2.45) is 0 Å². The molecule has 2 nitrogen and oxygen atoms in total. The Bertz CT molecular complexity index is 1750. The van der Waals surface area contributed by atoms with E-state index in [4.69, 9.17) is 4.98 Å². The van der Waals surface area contributed by atoms with Crippen LogP contribution in [0.5, 0.6) is 0 Å². The maximum Gasteiger partial charge on any atom is 0.0688 e. The molecule has 0 fully saturated rings. The van der Waals surface area contributed by atoms with Gasteiger partial charge in [0.15, 0.2) is 0 Å². The maximum absolute atomic E-state index is 4.89. The first-order chi connectivity index (χ1) is 17.3. The normalized spacial score (nSPS) is 14.9. The van der Waals surface area contributed by atoms with E-state index in [9.17, 15) is 0 Å². The molecule has 0 radical (unpaired) electrons. The zero-order valence-electron chi connectivity index (χ0n) is 19.3. The molecule has 0 saturated heterocycles. The van der Waals surface area contributed by atoms with Crippen LogP contribution in [-0.2, 0) is 25.7 Å². The van der Waals surface area contributed by atoms with Crippen molar-refractivity contribution >= 4 is 17.1 Å². The van der Waals surface area contributed by atoms with Crippen LogP contribution in [0.1, 0.15) is 44.6 Å².